The standard InChI is InChI=1S/C15H11BrClNO/c16-10-3-1-9(2-4-10)14-8-15(19)12-7-11(17)5-6-13(12)18-14/h1-7,14,18H,8H2. The Morgan fingerprint density at radius 3 is 2.63 bits per heavy atom. The molecule has 2 nitrogen and oxygen atoms in total. The Morgan fingerprint density at radius 1 is 1.16 bits per heavy atom. The van der Waals surface area contributed by atoms with Crippen LogP contribution in [0.1, 0.15) is 28.4 Å². The number of halogens is 2. The summed E-state index contributed by atoms with van der Waals surface area (Å²) in [5.74, 6) is 0.129. The monoisotopic (exact) mass is 335 g/mol. The van der Waals surface area contributed by atoms with Gasteiger partial charge < -0.3 is 5.32 Å². The number of nitrogens with one attached hydrogen (secondary N) is 1. The zero-order chi connectivity index (χ0) is 13.4. The molecule has 96 valence electrons. The van der Waals surface area contributed by atoms with Gasteiger partial charge in [0.2, 0.25) is 0 Å². The second-order valence-corrected chi connectivity index (χ2v) is 5.92. The number of anilines is 1. The zero-order valence-electron chi connectivity index (χ0n) is 9.99. The van der Waals surface area contributed by atoms with Gasteiger partial charge >= 0.3 is 0 Å². The second-order valence-electron chi connectivity index (χ2n) is 4.57. The Labute approximate surface area is 124 Å². The molecule has 0 aliphatic carbocycles. The lowest BCUT2D eigenvalue weighted by Crippen LogP contribution is -2.22. The zero-order valence-corrected chi connectivity index (χ0v) is 12.3. The van der Waals surface area contributed by atoms with Gasteiger partial charge in [0, 0.05) is 27.2 Å². The van der Waals surface area contributed by atoms with E-state index < -0.39 is 0 Å². The fourth-order valence-electron chi connectivity index (χ4n) is 2.30. The molecule has 4 heteroatoms. The molecule has 19 heavy (non-hydrogen) atoms. The van der Waals surface area contributed by atoms with Crippen LogP contribution in [0.25, 0.3) is 0 Å². The molecule has 0 bridgehead atoms. The van der Waals surface area contributed by atoms with Crippen LogP contribution < -0.4 is 5.32 Å². The lowest BCUT2D eigenvalue weighted by atomic mass is 9.92. The van der Waals surface area contributed by atoms with Gasteiger partial charge in [0.25, 0.3) is 0 Å². The van der Waals surface area contributed by atoms with Gasteiger partial charge in [-0.05, 0) is 35.9 Å². The van der Waals surface area contributed by atoms with E-state index in [1.165, 1.54) is 0 Å². The molecule has 1 unspecified atom stereocenters. The molecule has 0 aromatic heterocycles. The van der Waals surface area contributed by atoms with Gasteiger partial charge in [-0.3, -0.25) is 4.79 Å². The predicted molar refractivity (Wildman–Crippen MR) is 80.9 cm³/mol. The van der Waals surface area contributed by atoms with Crippen LogP contribution in [-0.4, -0.2) is 5.78 Å². The Balaban J connectivity index is 1.95. The maximum Gasteiger partial charge on any atom is 0.167 e. The van der Waals surface area contributed by atoms with Crippen LogP contribution in [0.4, 0.5) is 5.69 Å². The molecule has 0 saturated heterocycles. The quantitative estimate of drug-likeness (QED) is 0.807. The molecule has 1 aliphatic rings. The molecule has 3 rings (SSSR count). The Kier molecular flexibility index (Phi) is 3.33. The van der Waals surface area contributed by atoms with Gasteiger partial charge in [0.15, 0.2) is 5.78 Å². The highest BCUT2D eigenvalue weighted by molar-refractivity contribution is 9.10. The van der Waals surface area contributed by atoms with Crippen molar-refractivity contribution in [1.82, 2.24) is 0 Å². The summed E-state index contributed by atoms with van der Waals surface area (Å²) < 4.78 is 1.03. The van der Waals surface area contributed by atoms with E-state index in [-0.39, 0.29) is 11.8 Å². The summed E-state index contributed by atoms with van der Waals surface area (Å²) in [6.45, 7) is 0. The number of hydrogen-bond acceptors (Lipinski definition) is 2. The minimum atomic E-state index is 0.0225. The van der Waals surface area contributed by atoms with E-state index in [1.807, 2.05) is 30.3 Å². The van der Waals surface area contributed by atoms with Gasteiger partial charge in [-0.15, -0.1) is 0 Å². The van der Waals surface area contributed by atoms with Crippen LogP contribution >= 0.6 is 27.5 Å². The van der Waals surface area contributed by atoms with Crippen molar-refractivity contribution in [2.45, 2.75) is 12.5 Å². The van der Waals surface area contributed by atoms with Crippen molar-refractivity contribution in [3.05, 3.63) is 63.1 Å². The minimum Gasteiger partial charge on any atom is -0.377 e. The lowest BCUT2D eigenvalue weighted by molar-refractivity contribution is 0.0972. The van der Waals surface area contributed by atoms with E-state index in [1.54, 1.807) is 12.1 Å². The van der Waals surface area contributed by atoms with Crippen LogP contribution in [-0.2, 0) is 0 Å². The maximum absolute atomic E-state index is 12.2. The number of ketones is 1. The first-order valence-electron chi connectivity index (χ1n) is 5.98. The molecule has 1 atom stereocenters. The average Bonchev–Trinajstić information content (AvgIpc) is 2.40. The van der Waals surface area contributed by atoms with Crippen LogP contribution in [0.5, 0.6) is 0 Å². The van der Waals surface area contributed by atoms with Crippen molar-refractivity contribution < 1.29 is 4.79 Å². The molecular formula is C15H11BrClNO. The van der Waals surface area contributed by atoms with E-state index in [9.17, 15) is 4.79 Å². The summed E-state index contributed by atoms with van der Waals surface area (Å²) in [5, 5.41) is 3.99. The van der Waals surface area contributed by atoms with Crippen molar-refractivity contribution >= 4 is 39.0 Å². The van der Waals surface area contributed by atoms with E-state index in [4.69, 9.17) is 11.6 Å². The molecule has 0 radical (unpaired) electrons. The van der Waals surface area contributed by atoms with E-state index in [2.05, 4.69) is 21.2 Å². The molecular weight excluding hydrogens is 326 g/mol. The van der Waals surface area contributed by atoms with Gasteiger partial charge in [0.05, 0.1) is 6.04 Å². The van der Waals surface area contributed by atoms with Crippen molar-refractivity contribution in [3.8, 4) is 0 Å². The smallest absolute Gasteiger partial charge is 0.167 e. The number of carbonyl (C=O) groups excluding carboxylic acids is 1. The molecule has 2 aromatic rings. The number of carbonyl (C=O) groups is 1. The number of hydrogen-bond donors (Lipinski definition) is 1. The summed E-state index contributed by atoms with van der Waals surface area (Å²) >= 11 is 9.34. The van der Waals surface area contributed by atoms with E-state index in [0.29, 0.717) is 17.0 Å². The third-order valence-electron chi connectivity index (χ3n) is 3.27. The lowest BCUT2D eigenvalue weighted by Gasteiger charge is -2.26. The summed E-state index contributed by atoms with van der Waals surface area (Å²) in [6.07, 6.45) is 0.453. The first kappa shape index (κ1) is 12.7. The van der Waals surface area contributed by atoms with E-state index >= 15 is 0 Å². The van der Waals surface area contributed by atoms with Crippen molar-refractivity contribution in [2.75, 3.05) is 5.32 Å². The summed E-state index contributed by atoms with van der Waals surface area (Å²) in [6, 6.07) is 13.4. The van der Waals surface area contributed by atoms with Crippen LogP contribution in [0, 0.1) is 0 Å². The second kappa shape index (κ2) is 4.99. The molecule has 0 amide bonds. The molecule has 1 aliphatic heterocycles. The van der Waals surface area contributed by atoms with Crippen molar-refractivity contribution in [2.24, 2.45) is 0 Å². The average molecular weight is 337 g/mol. The van der Waals surface area contributed by atoms with Gasteiger partial charge in [-0.2, -0.15) is 0 Å². The first-order valence-corrected chi connectivity index (χ1v) is 7.15. The highest BCUT2D eigenvalue weighted by atomic mass is 79.9. The summed E-state index contributed by atoms with van der Waals surface area (Å²) in [5.41, 5.74) is 2.64. The third kappa shape index (κ3) is 2.53. The highest BCUT2D eigenvalue weighted by Crippen LogP contribution is 2.34. The first-order chi connectivity index (χ1) is 9.13. The van der Waals surface area contributed by atoms with Crippen LogP contribution in [0.2, 0.25) is 5.02 Å². The molecule has 1 N–H and O–H groups in total. The van der Waals surface area contributed by atoms with Gasteiger partial charge in [-0.25, -0.2) is 0 Å². The fourth-order valence-corrected chi connectivity index (χ4v) is 2.74. The number of rotatable bonds is 1. The Bertz CT molecular complexity index is 639. The number of fused-ring (bicyclic) bond motifs is 1. The topological polar surface area (TPSA) is 29.1 Å². The van der Waals surface area contributed by atoms with Gasteiger partial charge in [0.1, 0.15) is 0 Å². The number of Topliss-reactive ketones (excluding diaryl/α,β-unsaturated/α-hetero) is 1. The Morgan fingerprint density at radius 2 is 1.89 bits per heavy atom. The maximum atomic E-state index is 12.2. The third-order valence-corrected chi connectivity index (χ3v) is 4.04. The van der Waals surface area contributed by atoms with Crippen molar-refractivity contribution in [1.29, 1.82) is 0 Å². The SMILES string of the molecule is O=C1CC(c2ccc(Br)cc2)Nc2ccc(Cl)cc21. The normalized spacial score (nSPS) is 17.8. The van der Waals surface area contributed by atoms with Gasteiger partial charge in [-0.1, -0.05) is 39.7 Å². The number of benzene rings is 2. The molecule has 0 spiro atoms. The summed E-state index contributed by atoms with van der Waals surface area (Å²) in [7, 11) is 0. The molecule has 0 saturated carbocycles. The largest absolute Gasteiger partial charge is 0.377 e. The summed E-state index contributed by atoms with van der Waals surface area (Å²) in [4.78, 5) is 12.2. The van der Waals surface area contributed by atoms with Crippen LogP contribution in [0.15, 0.2) is 46.9 Å². The predicted octanol–water partition coefficient (Wildman–Crippen LogP) is 4.84. The highest BCUT2D eigenvalue weighted by Gasteiger charge is 2.25. The molecule has 2 aromatic carbocycles. The van der Waals surface area contributed by atoms with E-state index in [0.717, 1.165) is 15.7 Å². The molecule has 1 heterocycles. The van der Waals surface area contributed by atoms with Crippen LogP contribution in [0.3, 0.4) is 0 Å². The Hall–Kier alpha value is -1.32. The van der Waals surface area contributed by atoms with Crippen molar-refractivity contribution in [3.63, 3.8) is 0 Å². The fraction of sp³-hybridized carbons (Fsp3) is 0.133. The minimum absolute atomic E-state index is 0.0225. The molecule has 0 fully saturated rings.